The molecule has 0 saturated carbocycles. The number of carbonyl (C=O) groups excluding carboxylic acids is 1. The Morgan fingerprint density at radius 3 is 2.75 bits per heavy atom. The van der Waals surface area contributed by atoms with Crippen LogP contribution in [-0.4, -0.2) is 26.0 Å². The van der Waals surface area contributed by atoms with E-state index < -0.39 is 15.0 Å². The van der Waals surface area contributed by atoms with Crippen LogP contribution in [-0.2, 0) is 13.8 Å². The summed E-state index contributed by atoms with van der Waals surface area (Å²) in [7, 11) is 1.30. The third kappa shape index (κ3) is 3.53. The highest BCUT2D eigenvalue weighted by molar-refractivity contribution is 8.13. The molecule has 0 aliphatic rings. The fraction of sp³-hybridized carbons (Fsp3) is 0.444. The first-order chi connectivity index (χ1) is 7.45. The number of halogens is 1. The van der Waals surface area contributed by atoms with Crippen molar-refractivity contribution in [2.75, 3.05) is 6.61 Å². The number of H-pyrrole nitrogens is 1. The van der Waals surface area contributed by atoms with Gasteiger partial charge in [0.2, 0.25) is 0 Å². The largest absolute Gasteiger partial charge is 0.461 e. The van der Waals surface area contributed by atoms with Crippen LogP contribution in [0, 0.1) is 0 Å². The first-order valence-corrected chi connectivity index (χ1v) is 7.06. The third-order valence-corrected chi connectivity index (χ3v) is 3.22. The highest BCUT2D eigenvalue weighted by Gasteiger charge is 2.16. The maximum absolute atomic E-state index is 11.4. The number of rotatable bonds is 5. The van der Waals surface area contributed by atoms with Crippen molar-refractivity contribution < 1.29 is 17.9 Å². The molecule has 1 N–H and O–H groups in total. The van der Waals surface area contributed by atoms with Crippen molar-refractivity contribution in [3.05, 3.63) is 18.0 Å². The Morgan fingerprint density at radius 2 is 2.25 bits per heavy atom. The summed E-state index contributed by atoms with van der Waals surface area (Å²) in [6.45, 7) is 2.29. The van der Waals surface area contributed by atoms with Gasteiger partial charge in [-0.25, -0.2) is 13.2 Å². The number of carbonyl (C=O) groups is 1. The predicted octanol–water partition coefficient (Wildman–Crippen LogP) is 1.90. The van der Waals surface area contributed by atoms with Gasteiger partial charge in [0, 0.05) is 16.9 Å². The molecule has 1 heterocycles. The van der Waals surface area contributed by atoms with E-state index in [9.17, 15) is 13.2 Å². The van der Waals surface area contributed by atoms with E-state index in [0.717, 1.165) is 25.1 Å². The molecule has 0 aliphatic carbocycles. The van der Waals surface area contributed by atoms with Gasteiger partial charge in [-0.15, -0.1) is 0 Å². The maximum Gasteiger partial charge on any atom is 0.354 e. The van der Waals surface area contributed by atoms with Crippen molar-refractivity contribution in [2.45, 2.75) is 24.7 Å². The smallest absolute Gasteiger partial charge is 0.354 e. The molecule has 7 heteroatoms. The van der Waals surface area contributed by atoms with Crippen LogP contribution in [0.15, 0.2) is 17.2 Å². The molecule has 5 nitrogen and oxygen atoms in total. The van der Waals surface area contributed by atoms with Gasteiger partial charge in [-0.3, -0.25) is 0 Å². The summed E-state index contributed by atoms with van der Waals surface area (Å²) in [4.78, 5) is 13.7. The van der Waals surface area contributed by atoms with Gasteiger partial charge in [-0.1, -0.05) is 13.3 Å². The number of ether oxygens (including phenoxy) is 1. The number of aromatic nitrogens is 1. The van der Waals surface area contributed by atoms with Crippen molar-refractivity contribution in [3.63, 3.8) is 0 Å². The first kappa shape index (κ1) is 13.1. The van der Waals surface area contributed by atoms with E-state index >= 15 is 0 Å². The van der Waals surface area contributed by atoms with Gasteiger partial charge >= 0.3 is 5.97 Å². The lowest BCUT2D eigenvalue weighted by Crippen LogP contribution is -2.06. The maximum atomic E-state index is 11.4. The van der Waals surface area contributed by atoms with E-state index in [2.05, 4.69) is 4.98 Å². The monoisotopic (exact) mass is 265 g/mol. The minimum atomic E-state index is -3.81. The van der Waals surface area contributed by atoms with E-state index in [1.165, 1.54) is 0 Å². The Bertz CT molecular complexity index is 466. The quantitative estimate of drug-likeness (QED) is 0.501. The van der Waals surface area contributed by atoms with Gasteiger partial charge in [0.25, 0.3) is 9.05 Å². The molecule has 1 rings (SSSR count). The average Bonchev–Trinajstić information content (AvgIpc) is 2.66. The summed E-state index contributed by atoms with van der Waals surface area (Å²) in [5.41, 5.74) is 0.0790. The van der Waals surface area contributed by atoms with Gasteiger partial charge in [0.15, 0.2) is 0 Å². The third-order valence-electron chi connectivity index (χ3n) is 1.89. The zero-order chi connectivity index (χ0) is 12.2. The molecule has 0 saturated heterocycles. The lowest BCUT2D eigenvalue weighted by molar-refractivity contribution is 0.0493. The van der Waals surface area contributed by atoms with Crippen molar-refractivity contribution in [1.29, 1.82) is 0 Å². The number of hydrogen-bond donors (Lipinski definition) is 1. The minimum Gasteiger partial charge on any atom is -0.461 e. The zero-order valence-electron chi connectivity index (χ0n) is 8.70. The van der Waals surface area contributed by atoms with Crippen molar-refractivity contribution in [3.8, 4) is 0 Å². The number of aromatic amines is 1. The van der Waals surface area contributed by atoms with Crippen molar-refractivity contribution >= 4 is 25.7 Å². The number of nitrogens with one attached hydrogen (secondary N) is 1. The second-order valence-corrected chi connectivity index (χ2v) is 5.74. The summed E-state index contributed by atoms with van der Waals surface area (Å²) in [5, 5.41) is 0. The van der Waals surface area contributed by atoms with Gasteiger partial charge in [-0.05, 0) is 12.5 Å². The number of unbranched alkanes of at least 4 members (excludes halogenated alkanes) is 1. The van der Waals surface area contributed by atoms with Gasteiger partial charge in [0.1, 0.15) is 10.6 Å². The van der Waals surface area contributed by atoms with Crippen LogP contribution in [0.3, 0.4) is 0 Å². The Kier molecular flexibility index (Phi) is 4.37. The second-order valence-electron chi connectivity index (χ2n) is 3.18. The normalized spacial score (nSPS) is 11.4. The summed E-state index contributed by atoms with van der Waals surface area (Å²) in [6, 6.07) is 1.15. The summed E-state index contributed by atoms with van der Waals surface area (Å²) in [6.07, 6.45) is 2.84. The fourth-order valence-electron chi connectivity index (χ4n) is 1.02. The highest BCUT2D eigenvalue weighted by Crippen LogP contribution is 2.16. The highest BCUT2D eigenvalue weighted by atomic mass is 35.7. The molecule has 0 amide bonds. The van der Waals surface area contributed by atoms with Crippen LogP contribution in [0.2, 0.25) is 0 Å². The van der Waals surface area contributed by atoms with E-state index in [0.29, 0.717) is 6.61 Å². The Labute approximate surface area is 98.2 Å². The van der Waals surface area contributed by atoms with Crippen LogP contribution in [0.4, 0.5) is 0 Å². The molecular weight excluding hydrogens is 254 g/mol. The topological polar surface area (TPSA) is 76.2 Å². The van der Waals surface area contributed by atoms with E-state index in [4.69, 9.17) is 15.4 Å². The van der Waals surface area contributed by atoms with Crippen molar-refractivity contribution in [2.24, 2.45) is 0 Å². The van der Waals surface area contributed by atoms with Crippen LogP contribution in [0.5, 0.6) is 0 Å². The molecule has 1 aromatic heterocycles. The van der Waals surface area contributed by atoms with Gasteiger partial charge < -0.3 is 9.72 Å². The molecule has 0 spiro atoms. The van der Waals surface area contributed by atoms with Crippen LogP contribution in [0.25, 0.3) is 0 Å². The molecule has 0 aromatic carbocycles. The molecule has 0 atom stereocenters. The van der Waals surface area contributed by atoms with Gasteiger partial charge in [-0.2, -0.15) is 0 Å². The minimum absolute atomic E-state index is 0.0790. The number of esters is 1. The molecule has 0 unspecified atom stereocenters. The zero-order valence-corrected chi connectivity index (χ0v) is 10.3. The Hall–Kier alpha value is -1.01. The van der Waals surface area contributed by atoms with Crippen LogP contribution >= 0.6 is 10.7 Å². The van der Waals surface area contributed by atoms with Crippen LogP contribution in [0.1, 0.15) is 30.3 Å². The number of hydrogen-bond acceptors (Lipinski definition) is 4. The molecular formula is C9H12ClNO4S. The molecule has 1 aromatic rings. The average molecular weight is 266 g/mol. The van der Waals surface area contributed by atoms with E-state index in [1.54, 1.807) is 0 Å². The first-order valence-electron chi connectivity index (χ1n) is 4.75. The summed E-state index contributed by atoms with van der Waals surface area (Å²) < 4.78 is 26.7. The van der Waals surface area contributed by atoms with E-state index in [-0.39, 0.29) is 10.6 Å². The van der Waals surface area contributed by atoms with Gasteiger partial charge in [0.05, 0.1) is 6.61 Å². The summed E-state index contributed by atoms with van der Waals surface area (Å²) in [5.74, 6) is -0.583. The molecule has 16 heavy (non-hydrogen) atoms. The standard InChI is InChI=1S/C9H12ClNO4S/c1-2-3-4-15-9(12)8-5-7(6-11-8)16(10,13)14/h5-6,11H,2-4H2,1H3. The molecule has 0 fully saturated rings. The fourth-order valence-corrected chi connectivity index (χ4v) is 1.75. The second kappa shape index (κ2) is 5.36. The SMILES string of the molecule is CCCCOC(=O)c1cc(S(=O)(=O)Cl)c[nH]1. The molecule has 0 aliphatic heterocycles. The molecule has 90 valence electrons. The van der Waals surface area contributed by atoms with E-state index in [1.807, 2.05) is 6.92 Å². The van der Waals surface area contributed by atoms with Crippen molar-refractivity contribution in [1.82, 2.24) is 4.98 Å². The van der Waals surface area contributed by atoms with Crippen LogP contribution < -0.4 is 0 Å². The predicted molar refractivity (Wildman–Crippen MR) is 59.0 cm³/mol. The summed E-state index contributed by atoms with van der Waals surface area (Å²) >= 11 is 0. The Balaban J connectivity index is 2.68. The molecule has 0 radical (unpaired) electrons. The Morgan fingerprint density at radius 1 is 1.56 bits per heavy atom. The molecule has 0 bridgehead atoms. The lowest BCUT2D eigenvalue weighted by Gasteiger charge is -2.00. The lowest BCUT2D eigenvalue weighted by atomic mass is 10.3.